The molecule has 5 nitrogen and oxygen atoms in total. The minimum atomic E-state index is -0.242. The van der Waals surface area contributed by atoms with Gasteiger partial charge in [0, 0.05) is 0 Å². The van der Waals surface area contributed by atoms with Crippen LogP contribution in [0.1, 0.15) is 5.56 Å². The van der Waals surface area contributed by atoms with Gasteiger partial charge in [0.1, 0.15) is 5.70 Å². The number of nitrogens with one attached hydrogen (secondary N) is 2. The van der Waals surface area contributed by atoms with Gasteiger partial charge in [0.25, 0.3) is 5.91 Å². The molecule has 18 heavy (non-hydrogen) atoms. The van der Waals surface area contributed by atoms with Crippen LogP contribution in [0.25, 0.3) is 6.08 Å². The van der Waals surface area contributed by atoms with Gasteiger partial charge in [-0.1, -0.05) is 0 Å². The largest absolute Gasteiger partial charge is 0.454 e. The van der Waals surface area contributed by atoms with Crippen molar-refractivity contribution in [3.05, 3.63) is 27.9 Å². The summed E-state index contributed by atoms with van der Waals surface area (Å²) in [4.78, 5) is 11.5. The summed E-state index contributed by atoms with van der Waals surface area (Å²) in [6.45, 7) is 0.205. The Labute approximate surface area is 116 Å². The predicted molar refractivity (Wildman–Crippen MR) is 72.1 cm³/mol. The molecule has 0 aromatic heterocycles. The predicted octanol–water partition coefficient (Wildman–Crippen LogP) is 1.52. The first-order chi connectivity index (χ1) is 8.63. The quantitative estimate of drug-likeness (QED) is 0.605. The number of carbonyl (C=O) groups is 1. The van der Waals surface area contributed by atoms with Gasteiger partial charge in [-0.05, 0) is 51.9 Å². The highest BCUT2D eigenvalue weighted by Gasteiger charge is 2.21. The van der Waals surface area contributed by atoms with E-state index in [0.717, 1.165) is 10.0 Å². The van der Waals surface area contributed by atoms with Crippen molar-refractivity contribution in [1.82, 2.24) is 10.6 Å². The van der Waals surface area contributed by atoms with Crippen molar-refractivity contribution in [1.29, 1.82) is 0 Å². The molecule has 1 amide bonds. The fraction of sp³-hybridized carbons (Fsp3) is 0.0909. The van der Waals surface area contributed by atoms with Crippen LogP contribution in [0, 0.1) is 0 Å². The molecule has 0 radical (unpaired) electrons. The highest BCUT2D eigenvalue weighted by atomic mass is 79.9. The van der Waals surface area contributed by atoms with E-state index < -0.39 is 0 Å². The molecule has 0 spiro atoms. The lowest BCUT2D eigenvalue weighted by Gasteiger charge is -2.02. The van der Waals surface area contributed by atoms with Gasteiger partial charge >= 0.3 is 0 Å². The molecular formula is C11H7BrN2O3S. The third-order valence-electron chi connectivity index (χ3n) is 2.48. The zero-order chi connectivity index (χ0) is 12.7. The molecular weight excluding hydrogens is 320 g/mol. The first kappa shape index (κ1) is 11.5. The molecule has 2 aliphatic rings. The Balaban J connectivity index is 1.99. The molecule has 0 atom stereocenters. The fourth-order valence-electron chi connectivity index (χ4n) is 1.72. The summed E-state index contributed by atoms with van der Waals surface area (Å²) >= 11 is 8.25. The van der Waals surface area contributed by atoms with Gasteiger partial charge in [0.2, 0.25) is 6.79 Å². The van der Waals surface area contributed by atoms with Crippen molar-refractivity contribution >= 4 is 45.2 Å². The number of fused-ring (bicyclic) bond motifs is 1. The third kappa shape index (κ3) is 1.95. The van der Waals surface area contributed by atoms with Crippen molar-refractivity contribution in [2.45, 2.75) is 0 Å². The highest BCUT2D eigenvalue weighted by molar-refractivity contribution is 9.10. The summed E-state index contributed by atoms with van der Waals surface area (Å²) < 4.78 is 11.4. The van der Waals surface area contributed by atoms with Gasteiger partial charge < -0.3 is 14.8 Å². The molecule has 0 saturated carbocycles. The van der Waals surface area contributed by atoms with Crippen LogP contribution in [0.3, 0.4) is 0 Å². The first-order valence-corrected chi connectivity index (χ1v) is 6.27. The van der Waals surface area contributed by atoms with E-state index in [1.54, 1.807) is 12.1 Å². The van der Waals surface area contributed by atoms with E-state index in [1.165, 1.54) is 0 Å². The van der Waals surface area contributed by atoms with Gasteiger partial charge in [0.15, 0.2) is 16.6 Å². The van der Waals surface area contributed by atoms with Crippen LogP contribution in [-0.4, -0.2) is 17.8 Å². The van der Waals surface area contributed by atoms with E-state index in [9.17, 15) is 4.79 Å². The topological polar surface area (TPSA) is 59.6 Å². The van der Waals surface area contributed by atoms with E-state index in [4.69, 9.17) is 21.7 Å². The van der Waals surface area contributed by atoms with E-state index in [1.807, 2.05) is 6.07 Å². The van der Waals surface area contributed by atoms with Crippen molar-refractivity contribution in [3.63, 3.8) is 0 Å². The molecule has 0 bridgehead atoms. The van der Waals surface area contributed by atoms with E-state index in [0.29, 0.717) is 22.3 Å². The lowest BCUT2D eigenvalue weighted by molar-refractivity contribution is -0.115. The standard InChI is InChI=1S/C11H7BrN2O3S/c12-6-1-5(3-8-9(6)17-4-16-8)2-7-10(15)14-11(18)13-7/h1-3H,4H2,(H2,13,14,15,18)/b7-2-. The number of ether oxygens (including phenoxy) is 2. The average molecular weight is 327 g/mol. The summed E-state index contributed by atoms with van der Waals surface area (Å²) in [5.41, 5.74) is 1.22. The Bertz CT molecular complexity index is 600. The maximum Gasteiger partial charge on any atom is 0.273 e. The molecule has 0 aliphatic carbocycles. The van der Waals surface area contributed by atoms with Crippen LogP contribution in [0.4, 0.5) is 0 Å². The normalized spacial score (nSPS) is 19.1. The molecule has 2 N–H and O–H groups in total. The summed E-state index contributed by atoms with van der Waals surface area (Å²) in [7, 11) is 0. The van der Waals surface area contributed by atoms with Crippen molar-refractivity contribution < 1.29 is 14.3 Å². The average Bonchev–Trinajstić information content (AvgIpc) is 2.86. The van der Waals surface area contributed by atoms with E-state index in [2.05, 4.69) is 26.6 Å². The Kier molecular flexibility index (Phi) is 2.71. The Morgan fingerprint density at radius 1 is 1.33 bits per heavy atom. The number of halogens is 1. The molecule has 7 heteroatoms. The van der Waals surface area contributed by atoms with Crippen LogP contribution in [-0.2, 0) is 4.79 Å². The summed E-state index contributed by atoms with van der Waals surface area (Å²) in [5, 5.41) is 5.59. The van der Waals surface area contributed by atoms with Gasteiger partial charge in [0.05, 0.1) is 4.47 Å². The molecule has 1 aromatic rings. The Morgan fingerprint density at radius 3 is 2.89 bits per heavy atom. The molecule has 2 aliphatic heterocycles. The first-order valence-electron chi connectivity index (χ1n) is 5.06. The molecule has 1 fully saturated rings. The second-order valence-corrected chi connectivity index (χ2v) is 4.97. The molecule has 1 aromatic carbocycles. The van der Waals surface area contributed by atoms with Crippen LogP contribution in [0.2, 0.25) is 0 Å². The summed E-state index contributed by atoms with van der Waals surface area (Å²) in [6, 6.07) is 3.65. The number of hydrogen-bond donors (Lipinski definition) is 2. The van der Waals surface area contributed by atoms with Crippen molar-refractivity contribution in [2.24, 2.45) is 0 Å². The van der Waals surface area contributed by atoms with E-state index >= 15 is 0 Å². The van der Waals surface area contributed by atoms with Crippen LogP contribution >= 0.6 is 28.1 Å². The number of benzene rings is 1. The van der Waals surface area contributed by atoms with Gasteiger partial charge in [-0.25, -0.2) is 0 Å². The second kappa shape index (κ2) is 4.25. The molecule has 0 unspecified atom stereocenters. The minimum absolute atomic E-state index is 0.205. The smallest absolute Gasteiger partial charge is 0.273 e. The van der Waals surface area contributed by atoms with Crippen molar-refractivity contribution in [3.8, 4) is 11.5 Å². The second-order valence-electron chi connectivity index (χ2n) is 3.70. The van der Waals surface area contributed by atoms with Crippen LogP contribution in [0.5, 0.6) is 11.5 Å². The van der Waals surface area contributed by atoms with Crippen molar-refractivity contribution in [2.75, 3.05) is 6.79 Å². The van der Waals surface area contributed by atoms with Crippen LogP contribution < -0.4 is 20.1 Å². The van der Waals surface area contributed by atoms with Crippen LogP contribution in [0.15, 0.2) is 22.3 Å². The fourth-order valence-corrected chi connectivity index (χ4v) is 2.50. The maximum absolute atomic E-state index is 11.5. The van der Waals surface area contributed by atoms with Gasteiger partial charge in [-0.2, -0.15) is 0 Å². The highest BCUT2D eigenvalue weighted by Crippen LogP contribution is 2.40. The molecule has 2 heterocycles. The third-order valence-corrected chi connectivity index (χ3v) is 3.27. The van der Waals surface area contributed by atoms with E-state index in [-0.39, 0.29) is 12.7 Å². The maximum atomic E-state index is 11.5. The minimum Gasteiger partial charge on any atom is -0.454 e. The SMILES string of the molecule is O=C1NC(=S)N/C1=C\c1cc(Br)c2c(c1)OCO2. The lowest BCUT2D eigenvalue weighted by atomic mass is 10.1. The number of rotatable bonds is 1. The summed E-state index contributed by atoms with van der Waals surface area (Å²) in [6.07, 6.45) is 1.70. The number of amides is 1. The molecule has 1 saturated heterocycles. The Morgan fingerprint density at radius 2 is 2.17 bits per heavy atom. The summed E-state index contributed by atoms with van der Waals surface area (Å²) in [5.74, 6) is 1.09. The van der Waals surface area contributed by atoms with Gasteiger partial charge in [-0.3, -0.25) is 10.1 Å². The molecule has 3 rings (SSSR count). The van der Waals surface area contributed by atoms with Gasteiger partial charge in [-0.15, -0.1) is 0 Å². The zero-order valence-corrected chi connectivity index (χ0v) is 11.4. The zero-order valence-electron chi connectivity index (χ0n) is 8.95. The number of carbonyl (C=O) groups excluding carboxylic acids is 1. The lowest BCUT2D eigenvalue weighted by Crippen LogP contribution is -2.21. The molecule has 92 valence electrons. The number of hydrogen-bond acceptors (Lipinski definition) is 4. The monoisotopic (exact) mass is 326 g/mol. The number of thiocarbonyl (C=S) groups is 1. The Hall–Kier alpha value is -1.60.